The molecule has 6 rings (SSSR count). The first-order chi connectivity index (χ1) is 14.7. The van der Waals surface area contributed by atoms with Crippen LogP contribution in [0.15, 0.2) is 91.0 Å². The Labute approximate surface area is 179 Å². The van der Waals surface area contributed by atoms with Gasteiger partial charge in [-0.05, 0) is 55.2 Å². The number of benzene rings is 3. The van der Waals surface area contributed by atoms with Gasteiger partial charge in [0.05, 0.1) is 11.4 Å². The van der Waals surface area contributed by atoms with E-state index in [1.54, 1.807) is 0 Å². The molecule has 3 atom stereocenters. The molecule has 2 heterocycles. The van der Waals surface area contributed by atoms with E-state index in [1.165, 1.54) is 33.9 Å². The summed E-state index contributed by atoms with van der Waals surface area (Å²) in [4.78, 5) is 5.23. The molecular formula is C28H28N2. The van der Waals surface area contributed by atoms with Crippen LogP contribution >= 0.6 is 0 Å². The summed E-state index contributed by atoms with van der Waals surface area (Å²) < 4.78 is 0. The van der Waals surface area contributed by atoms with E-state index in [-0.39, 0.29) is 17.0 Å². The Morgan fingerprint density at radius 1 is 0.767 bits per heavy atom. The molecule has 1 aliphatic carbocycles. The second-order valence-electron chi connectivity index (χ2n) is 9.00. The lowest BCUT2D eigenvalue weighted by molar-refractivity contribution is 0.0185. The smallest absolute Gasteiger partial charge is 0.118 e. The lowest BCUT2D eigenvalue weighted by atomic mass is 9.40. The summed E-state index contributed by atoms with van der Waals surface area (Å²) in [5, 5.41) is 0. The lowest BCUT2D eigenvalue weighted by Gasteiger charge is -2.69. The van der Waals surface area contributed by atoms with Crippen molar-refractivity contribution in [3.05, 3.63) is 96.6 Å². The van der Waals surface area contributed by atoms with Crippen LogP contribution in [0, 0.1) is 5.41 Å². The minimum Gasteiger partial charge on any atom is -0.318 e. The van der Waals surface area contributed by atoms with Crippen molar-refractivity contribution in [2.75, 3.05) is 9.80 Å². The van der Waals surface area contributed by atoms with Gasteiger partial charge in [0, 0.05) is 22.2 Å². The van der Waals surface area contributed by atoms with Crippen LogP contribution in [0.3, 0.4) is 0 Å². The van der Waals surface area contributed by atoms with Crippen molar-refractivity contribution in [2.24, 2.45) is 5.41 Å². The largest absolute Gasteiger partial charge is 0.318 e. The molecule has 3 aliphatic rings. The summed E-state index contributed by atoms with van der Waals surface area (Å²) in [5.41, 5.74) is 8.27. The van der Waals surface area contributed by atoms with Crippen molar-refractivity contribution in [1.29, 1.82) is 0 Å². The van der Waals surface area contributed by atoms with Crippen LogP contribution in [0.1, 0.15) is 38.7 Å². The van der Waals surface area contributed by atoms with Crippen molar-refractivity contribution in [1.82, 2.24) is 0 Å². The molecule has 1 fully saturated rings. The maximum absolute atomic E-state index is 4.60. The van der Waals surface area contributed by atoms with E-state index in [9.17, 15) is 0 Å². The minimum atomic E-state index is 0.0363. The summed E-state index contributed by atoms with van der Waals surface area (Å²) in [6.45, 7) is 9.35. The molecule has 3 aromatic carbocycles. The summed E-state index contributed by atoms with van der Waals surface area (Å²) in [6.07, 6.45) is 3.57. The predicted octanol–water partition coefficient (Wildman–Crippen LogP) is 7.32. The van der Waals surface area contributed by atoms with E-state index >= 15 is 0 Å². The molecule has 3 unspecified atom stereocenters. The van der Waals surface area contributed by atoms with Gasteiger partial charge in [-0.2, -0.15) is 0 Å². The van der Waals surface area contributed by atoms with E-state index < -0.39 is 0 Å². The molecular weight excluding hydrogens is 364 g/mol. The average molecular weight is 393 g/mol. The predicted molar refractivity (Wildman–Crippen MR) is 126 cm³/mol. The van der Waals surface area contributed by atoms with Crippen LogP contribution in [-0.2, 0) is 5.41 Å². The van der Waals surface area contributed by atoms with Crippen LogP contribution < -0.4 is 9.80 Å². The van der Waals surface area contributed by atoms with E-state index in [4.69, 9.17) is 0 Å². The first-order valence-electron chi connectivity index (χ1n) is 11.2. The summed E-state index contributed by atoms with van der Waals surface area (Å²) in [6, 6.07) is 28.9. The van der Waals surface area contributed by atoms with Gasteiger partial charge in [0.15, 0.2) is 0 Å². The maximum atomic E-state index is 4.60. The van der Waals surface area contributed by atoms with Crippen LogP contribution in [0.5, 0.6) is 0 Å². The number of allylic oxidation sites excluding steroid dienone is 1. The molecule has 2 heteroatoms. The maximum Gasteiger partial charge on any atom is 0.118 e. The number of anilines is 4. The fourth-order valence-electron chi connectivity index (χ4n) is 7.02. The van der Waals surface area contributed by atoms with Crippen molar-refractivity contribution >= 4 is 22.7 Å². The normalized spacial score (nSPS) is 28.3. The Kier molecular flexibility index (Phi) is 3.57. The van der Waals surface area contributed by atoms with Crippen LogP contribution in [0.4, 0.5) is 22.7 Å². The molecule has 0 aromatic heterocycles. The monoisotopic (exact) mass is 392 g/mol. The van der Waals surface area contributed by atoms with E-state index in [2.05, 4.69) is 109 Å². The quantitative estimate of drug-likeness (QED) is 0.431. The topological polar surface area (TPSA) is 6.48 Å². The van der Waals surface area contributed by atoms with Crippen LogP contribution in [-0.4, -0.2) is 6.17 Å². The number of rotatable bonds is 3. The molecule has 0 spiro atoms. The number of fused-ring (bicyclic) bond motifs is 8. The zero-order valence-corrected chi connectivity index (χ0v) is 17.8. The molecule has 2 aliphatic heterocycles. The highest BCUT2D eigenvalue weighted by atomic mass is 15.4. The summed E-state index contributed by atoms with van der Waals surface area (Å²) >= 11 is 0. The van der Waals surface area contributed by atoms with Gasteiger partial charge in [-0.3, -0.25) is 0 Å². The van der Waals surface area contributed by atoms with Gasteiger partial charge in [0.2, 0.25) is 0 Å². The van der Waals surface area contributed by atoms with Crippen molar-refractivity contribution in [3.63, 3.8) is 0 Å². The third-order valence-corrected chi connectivity index (χ3v) is 8.19. The highest BCUT2D eigenvalue weighted by Gasteiger charge is 2.70. The van der Waals surface area contributed by atoms with Crippen LogP contribution in [0.25, 0.3) is 0 Å². The fourth-order valence-corrected chi connectivity index (χ4v) is 7.02. The highest BCUT2D eigenvalue weighted by Crippen LogP contribution is 2.74. The van der Waals surface area contributed by atoms with Gasteiger partial charge < -0.3 is 9.80 Å². The van der Waals surface area contributed by atoms with Gasteiger partial charge in [-0.25, -0.2) is 0 Å². The van der Waals surface area contributed by atoms with Gasteiger partial charge in [0.1, 0.15) is 6.17 Å². The van der Waals surface area contributed by atoms with E-state index in [0.717, 1.165) is 19.3 Å². The molecule has 0 saturated heterocycles. The second-order valence-corrected chi connectivity index (χ2v) is 9.00. The number of nitrogens with zero attached hydrogens (tertiary/aromatic N) is 2. The molecule has 0 amide bonds. The highest BCUT2D eigenvalue weighted by molar-refractivity contribution is 5.92. The third-order valence-electron chi connectivity index (χ3n) is 8.19. The molecule has 0 N–H and O–H groups in total. The Hall–Kier alpha value is -3.00. The Balaban J connectivity index is 1.71. The van der Waals surface area contributed by atoms with Gasteiger partial charge in [-0.1, -0.05) is 74.5 Å². The zero-order chi connectivity index (χ0) is 20.5. The molecule has 1 saturated carbocycles. The number of hydrogen-bond acceptors (Lipinski definition) is 2. The minimum absolute atomic E-state index is 0.0363. The second kappa shape index (κ2) is 6.01. The Bertz CT molecular complexity index is 1150. The first-order valence-corrected chi connectivity index (χ1v) is 11.2. The standard InChI is InChI=1S/C28H28N2/c1-4-27-19-20(3)28(27,5-2)22-15-9-10-16-23(22)30-25-18-12-11-17-24(25)29(26(27)30)21-13-7-6-8-14-21/h6-18,26H,3-5,19H2,1-2H3. The van der Waals surface area contributed by atoms with Crippen molar-refractivity contribution < 1.29 is 0 Å². The number of hydrogen-bond donors (Lipinski definition) is 0. The molecule has 2 nitrogen and oxygen atoms in total. The Morgan fingerprint density at radius 2 is 1.37 bits per heavy atom. The van der Waals surface area contributed by atoms with E-state index in [1.807, 2.05) is 0 Å². The van der Waals surface area contributed by atoms with Crippen molar-refractivity contribution in [3.8, 4) is 0 Å². The van der Waals surface area contributed by atoms with Gasteiger partial charge in [0.25, 0.3) is 0 Å². The lowest BCUT2D eigenvalue weighted by Crippen LogP contribution is -2.70. The van der Waals surface area contributed by atoms with Crippen molar-refractivity contribution in [2.45, 2.75) is 44.7 Å². The van der Waals surface area contributed by atoms with Gasteiger partial charge in [-0.15, -0.1) is 0 Å². The molecule has 3 aromatic rings. The zero-order valence-electron chi connectivity index (χ0n) is 17.8. The van der Waals surface area contributed by atoms with E-state index in [0.29, 0.717) is 0 Å². The SMILES string of the molecule is C=C1CC2(CC)C3N(c4ccccc4)c4ccccc4N3c3ccccc3C12CC. The third kappa shape index (κ3) is 1.82. The Morgan fingerprint density at radius 3 is 2.00 bits per heavy atom. The molecule has 30 heavy (non-hydrogen) atoms. The first kappa shape index (κ1) is 17.8. The van der Waals surface area contributed by atoms with Gasteiger partial charge >= 0.3 is 0 Å². The molecule has 150 valence electrons. The fraction of sp³-hybridized carbons (Fsp3) is 0.286. The summed E-state index contributed by atoms with van der Waals surface area (Å²) in [7, 11) is 0. The molecule has 0 radical (unpaired) electrons. The van der Waals surface area contributed by atoms with Crippen LogP contribution in [0.2, 0.25) is 0 Å². The summed E-state index contributed by atoms with van der Waals surface area (Å²) in [5.74, 6) is 0. The molecule has 0 bridgehead atoms. The average Bonchev–Trinajstić information content (AvgIpc) is 3.14. The number of para-hydroxylation sites is 4.